The molecule has 2 heterocycles. The smallest absolute Gasteiger partial charge is 0.0700 e. The van der Waals surface area contributed by atoms with Crippen LogP contribution in [0.3, 0.4) is 0 Å². The molecule has 76 valence electrons. The van der Waals surface area contributed by atoms with Gasteiger partial charge in [0.1, 0.15) is 0 Å². The second kappa shape index (κ2) is 4.40. The molecular weight excluding hydrogens is 164 g/mol. The molecule has 0 saturated carbocycles. The second-order valence-corrected chi connectivity index (χ2v) is 4.04. The van der Waals surface area contributed by atoms with E-state index in [1.165, 1.54) is 19.5 Å². The van der Waals surface area contributed by atoms with Crippen molar-refractivity contribution in [3.8, 4) is 0 Å². The molecule has 2 fully saturated rings. The van der Waals surface area contributed by atoms with Gasteiger partial charge < -0.3 is 10.1 Å². The minimum absolute atomic E-state index is 0.481. The molecule has 0 amide bonds. The molecule has 0 aromatic rings. The monoisotopic (exact) mass is 184 g/mol. The average Bonchev–Trinajstić information content (AvgIpc) is 2.71. The highest BCUT2D eigenvalue weighted by Gasteiger charge is 2.27. The van der Waals surface area contributed by atoms with Crippen LogP contribution >= 0.6 is 0 Å². The number of nitrogens with zero attached hydrogens (tertiary/aromatic N) is 1. The minimum atomic E-state index is 0.481. The van der Waals surface area contributed by atoms with E-state index in [0.29, 0.717) is 6.10 Å². The molecule has 2 unspecified atom stereocenters. The molecule has 3 heteroatoms. The zero-order chi connectivity index (χ0) is 9.10. The molecule has 2 rings (SSSR count). The summed E-state index contributed by atoms with van der Waals surface area (Å²) < 4.78 is 5.65. The van der Waals surface area contributed by atoms with E-state index in [1.54, 1.807) is 0 Å². The molecule has 2 atom stereocenters. The molecule has 0 spiro atoms. The Morgan fingerprint density at radius 2 is 2.46 bits per heavy atom. The van der Waals surface area contributed by atoms with E-state index in [9.17, 15) is 0 Å². The van der Waals surface area contributed by atoms with E-state index in [0.717, 1.165) is 32.2 Å². The summed E-state index contributed by atoms with van der Waals surface area (Å²) in [6.45, 7) is 7.77. The summed E-state index contributed by atoms with van der Waals surface area (Å²) in [4.78, 5) is 2.59. The Labute approximate surface area is 80.4 Å². The van der Waals surface area contributed by atoms with Crippen molar-refractivity contribution in [1.29, 1.82) is 0 Å². The van der Waals surface area contributed by atoms with Gasteiger partial charge in [0.2, 0.25) is 0 Å². The van der Waals surface area contributed by atoms with Crippen LogP contribution in [-0.2, 0) is 4.74 Å². The first-order valence-corrected chi connectivity index (χ1v) is 5.46. The highest BCUT2D eigenvalue weighted by Crippen LogP contribution is 2.14. The van der Waals surface area contributed by atoms with Gasteiger partial charge in [-0.25, -0.2) is 0 Å². The number of rotatable bonds is 2. The van der Waals surface area contributed by atoms with E-state index in [1.807, 2.05) is 0 Å². The highest BCUT2D eigenvalue weighted by molar-refractivity contribution is 4.83. The topological polar surface area (TPSA) is 24.5 Å². The minimum Gasteiger partial charge on any atom is -0.376 e. The summed E-state index contributed by atoms with van der Waals surface area (Å²) in [5.41, 5.74) is 0. The van der Waals surface area contributed by atoms with Gasteiger partial charge in [-0.1, -0.05) is 6.92 Å². The molecule has 13 heavy (non-hydrogen) atoms. The zero-order valence-corrected chi connectivity index (χ0v) is 8.46. The van der Waals surface area contributed by atoms with Gasteiger partial charge in [-0.3, -0.25) is 4.90 Å². The lowest BCUT2D eigenvalue weighted by Crippen LogP contribution is -2.48. The first-order valence-electron chi connectivity index (χ1n) is 5.46. The van der Waals surface area contributed by atoms with Gasteiger partial charge >= 0.3 is 0 Å². The first-order chi connectivity index (χ1) is 6.40. The molecule has 0 bridgehead atoms. The van der Waals surface area contributed by atoms with Crippen LogP contribution in [0.1, 0.15) is 19.8 Å². The van der Waals surface area contributed by atoms with Gasteiger partial charge in [-0.05, 0) is 19.4 Å². The largest absolute Gasteiger partial charge is 0.376 e. The summed E-state index contributed by atoms with van der Waals surface area (Å²) in [5, 5.41) is 3.42. The Bertz CT molecular complexity index is 157. The summed E-state index contributed by atoms with van der Waals surface area (Å²) in [7, 11) is 0. The molecule has 0 aromatic carbocycles. The van der Waals surface area contributed by atoms with Gasteiger partial charge in [0, 0.05) is 25.7 Å². The maximum atomic E-state index is 5.65. The lowest BCUT2D eigenvalue weighted by molar-refractivity contribution is -0.0416. The third-order valence-electron chi connectivity index (χ3n) is 3.18. The third-order valence-corrected chi connectivity index (χ3v) is 3.18. The van der Waals surface area contributed by atoms with Crippen molar-refractivity contribution in [2.75, 3.05) is 32.8 Å². The van der Waals surface area contributed by atoms with Crippen molar-refractivity contribution in [3.63, 3.8) is 0 Å². The normalized spacial score (nSPS) is 36.7. The van der Waals surface area contributed by atoms with Crippen LogP contribution in [0.25, 0.3) is 0 Å². The summed E-state index contributed by atoms with van der Waals surface area (Å²) in [5.74, 6) is 0. The standard InChI is InChI=1S/C10H20N2O/c1-2-10-8-12(5-6-13-10)9-3-4-11-7-9/h9-11H,2-8H2,1H3. The molecule has 1 N–H and O–H groups in total. The molecule has 0 aliphatic carbocycles. The number of ether oxygens (including phenoxy) is 1. The Kier molecular flexibility index (Phi) is 3.19. The Balaban J connectivity index is 1.84. The fraction of sp³-hybridized carbons (Fsp3) is 1.00. The van der Waals surface area contributed by atoms with Gasteiger partial charge in [0.15, 0.2) is 0 Å². The van der Waals surface area contributed by atoms with E-state index in [4.69, 9.17) is 4.74 Å². The van der Waals surface area contributed by atoms with Gasteiger partial charge in [0.25, 0.3) is 0 Å². The molecule has 0 aromatic heterocycles. The lowest BCUT2D eigenvalue weighted by atomic mass is 10.1. The number of nitrogens with one attached hydrogen (secondary N) is 1. The lowest BCUT2D eigenvalue weighted by Gasteiger charge is -2.36. The number of morpholine rings is 1. The van der Waals surface area contributed by atoms with Crippen LogP contribution in [0.2, 0.25) is 0 Å². The molecule has 2 saturated heterocycles. The summed E-state index contributed by atoms with van der Waals surface area (Å²) >= 11 is 0. The van der Waals surface area contributed by atoms with Crippen molar-refractivity contribution in [2.45, 2.75) is 31.9 Å². The predicted molar refractivity (Wildman–Crippen MR) is 52.9 cm³/mol. The van der Waals surface area contributed by atoms with Crippen LogP contribution in [0.5, 0.6) is 0 Å². The SMILES string of the molecule is CCC1CN(C2CCNC2)CCO1. The van der Waals surface area contributed by atoms with E-state index in [-0.39, 0.29) is 0 Å². The maximum Gasteiger partial charge on any atom is 0.0700 e. The maximum absolute atomic E-state index is 5.65. The quantitative estimate of drug-likeness (QED) is 0.675. The highest BCUT2D eigenvalue weighted by atomic mass is 16.5. The van der Waals surface area contributed by atoms with Gasteiger partial charge in [0.05, 0.1) is 12.7 Å². The molecule has 3 nitrogen and oxygen atoms in total. The Morgan fingerprint density at radius 3 is 3.15 bits per heavy atom. The predicted octanol–water partition coefficient (Wildman–Crippen LogP) is 0.459. The third kappa shape index (κ3) is 2.22. The van der Waals surface area contributed by atoms with Crippen LogP contribution < -0.4 is 5.32 Å². The molecule has 2 aliphatic heterocycles. The zero-order valence-electron chi connectivity index (χ0n) is 8.46. The van der Waals surface area contributed by atoms with Crippen molar-refractivity contribution < 1.29 is 4.74 Å². The first kappa shape index (κ1) is 9.44. The molecular formula is C10H20N2O. The summed E-state index contributed by atoms with van der Waals surface area (Å²) in [6, 6.07) is 0.776. The Morgan fingerprint density at radius 1 is 1.54 bits per heavy atom. The van der Waals surface area contributed by atoms with Crippen LogP contribution in [0.4, 0.5) is 0 Å². The van der Waals surface area contributed by atoms with Crippen LogP contribution in [0.15, 0.2) is 0 Å². The van der Waals surface area contributed by atoms with Crippen molar-refractivity contribution in [1.82, 2.24) is 10.2 Å². The van der Waals surface area contributed by atoms with Crippen molar-refractivity contribution in [3.05, 3.63) is 0 Å². The van der Waals surface area contributed by atoms with Crippen molar-refractivity contribution in [2.24, 2.45) is 0 Å². The van der Waals surface area contributed by atoms with E-state index < -0.39 is 0 Å². The number of hydrogen-bond acceptors (Lipinski definition) is 3. The van der Waals surface area contributed by atoms with E-state index >= 15 is 0 Å². The second-order valence-electron chi connectivity index (χ2n) is 4.04. The molecule has 0 radical (unpaired) electrons. The molecule has 2 aliphatic rings. The van der Waals surface area contributed by atoms with Crippen LogP contribution in [0, 0.1) is 0 Å². The van der Waals surface area contributed by atoms with E-state index in [2.05, 4.69) is 17.1 Å². The average molecular weight is 184 g/mol. The number of hydrogen-bond donors (Lipinski definition) is 1. The fourth-order valence-corrected chi connectivity index (χ4v) is 2.27. The van der Waals surface area contributed by atoms with Gasteiger partial charge in [-0.2, -0.15) is 0 Å². The summed E-state index contributed by atoms with van der Waals surface area (Å²) in [6.07, 6.45) is 2.95. The van der Waals surface area contributed by atoms with Crippen LogP contribution in [-0.4, -0.2) is 49.8 Å². The fourth-order valence-electron chi connectivity index (χ4n) is 2.27. The van der Waals surface area contributed by atoms with Gasteiger partial charge in [-0.15, -0.1) is 0 Å². The van der Waals surface area contributed by atoms with Crippen molar-refractivity contribution >= 4 is 0 Å². The Hall–Kier alpha value is -0.120.